The van der Waals surface area contributed by atoms with Gasteiger partial charge in [-0.3, -0.25) is 0 Å². The van der Waals surface area contributed by atoms with Crippen molar-refractivity contribution in [3.8, 4) is 0 Å². The van der Waals surface area contributed by atoms with Gasteiger partial charge in [0.15, 0.2) is 0 Å². The lowest BCUT2D eigenvalue weighted by Crippen LogP contribution is -2.19. The molecule has 0 spiro atoms. The fourth-order valence-electron chi connectivity index (χ4n) is 2.64. The van der Waals surface area contributed by atoms with Crippen molar-refractivity contribution in [2.75, 3.05) is 0 Å². The van der Waals surface area contributed by atoms with Crippen LogP contribution in [0.25, 0.3) is 0 Å². The second kappa shape index (κ2) is 4.65. The molecule has 2 unspecified atom stereocenters. The van der Waals surface area contributed by atoms with E-state index in [1.807, 2.05) is 0 Å². The molecule has 1 saturated carbocycles. The zero-order valence-corrected chi connectivity index (χ0v) is 11.9. The lowest BCUT2D eigenvalue weighted by atomic mass is 9.89. The number of hydrogen-bond acceptors (Lipinski definition) is 0. The van der Waals surface area contributed by atoms with E-state index >= 15 is 0 Å². The van der Waals surface area contributed by atoms with Gasteiger partial charge in [0, 0.05) is 5.41 Å². The minimum atomic E-state index is -4.56. The molecule has 6 heteroatoms. The quantitative estimate of drug-likeness (QED) is 0.617. The minimum Gasteiger partial charge on any atom is -0.171 e. The normalized spacial score (nSPS) is 26.3. The van der Waals surface area contributed by atoms with E-state index in [2.05, 4.69) is 0 Å². The number of rotatable bonds is 2. The van der Waals surface area contributed by atoms with E-state index in [-0.39, 0.29) is 17.9 Å². The van der Waals surface area contributed by atoms with Crippen molar-refractivity contribution in [1.82, 2.24) is 0 Å². The summed E-state index contributed by atoms with van der Waals surface area (Å²) >= 11 is 0. The summed E-state index contributed by atoms with van der Waals surface area (Å²) in [5.41, 5.74) is -1.58. The van der Waals surface area contributed by atoms with Crippen LogP contribution in [0.4, 0.5) is 26.3 Å². The molecule has 1 aromatic carbocycles. The van der Waals surface area contributed by atoms with E-state index in [1.54, 1.807) is 13.8 Å². The first-order valence-electron chi connectivity index (χ1n) is 6.65. The summed E-state index contributed by atoms with van der Waals surface area (Å²) in [6.07, 6.45) is -9.09. The lowest BCUT2D eigenvalue weighted by Gasteiger charge is -2.19. The van der Waals surface area contributed by atoms with Crippen LogP contribution < -0.4 is 0 Å². The molecule has 0 bridgehead atoms. The molecule has 0 radical (unpaired) electrons. The van der Waals surface area contributed by atoms with Crippen LogP contribution in [-0.2, 0) is 11.6 Å². The van der Waals surface area contributed by atoms with Crippen molar-refractivity contribution in [1.29, 1.82) is 0 Å². The third-order valence-corrected chi connectivity index (χ3v) is 4.24. The Labute approximate surface area is 119 Å². The molecule has 0 nitrogen and oxygen atoms in total. The van der Waals surface area contributed by atoms with E-state index in [1.165, 1.54) is 13.0 Å². The Hall–Kier alpha value is -1.20. The van der Waals surface area contributed by atoms with E-state index in [0.717, 1.165) is 12.1 Å². The van der Waals surface area contributed by atoms with Crippen LogP contribution in [-0.4, -0.2) is 6.18 Å². The highest BCUT2D eigenvalue weighted by atomic mass is 19.4. The molecule has 118 valence electrons. The predicted molar refractivity (Wildman–Crippen MR) is 67.0 cm³/mol. The Morgan fingerprint density at radius 3 is 2.00 bits per heavy atom. The molecule has 21 heavy (non-hydrogen) atoms. The van der Waals surface area contributed by atoms with Gasteiger partial charge in [-0.25, -0.2) is 0 Å². The number of alkyl halides is 6. The van der Waals surface area contributed by atoms with Gasteiger partial charge in [-0.2, -0.15) is 26.3 Å². The Morgan fingerprint density at radius 2 is 1.62 bits per heavy atom. The maximum atomic E-state index is 12.9. The molecular weight excluding hydrogens is 294 g/mol. The first-order valence-corrected chi connectivity index (χ1v) is 6.65. The monoisotopic (exact) mass is 310 g/mol. The summed E-state index contributed by atoms with van der Waals surface area (Å²) in [5, 5.41) is 0. The van der Waals surface area contributed by atoms with Gasteiger partial charge in [0.05, 0.1) is 11.5 Å². The molecule has 0 N–H and O–H groups in total. The number of benzene rings is 1. The van der Waals surface area contributed by atoms with Crippen LogP contribution in [0.2, 0.25) is 0 Å². The van der Waals surface area contributed by atoms with E-state index < -0.39 is 29.2 Å². The van der Waals surface area contributed by atoms with Crippen molar-refractivity contribution in [3.05, 3.63) is 34.9 Å². The van der Waals surface area contributed by atoms with Crippen LogP contribution in [0.1, 0.15) is 49.8 Å². The molecule has 2 atom stereocenters. The van der Waals surface area contributed by atoms with Crippen LogP contribution in [0.15, 0.2) is 18.2 Å². The van der Waals surface area contributed by atoms with E-state index in [4.69, 9.17) is 0 Å². The van der Waals surface area contributed by atoms with Gasteiger partial charge in [-0.05, 0) is 35.6 Å². The maximum Gasteiger partial charge on any atom is 0.416 e. The van der Waals surface area contributed by atoms with Gasteiger partial charge in [0.1, 0.15) is 0 Å². The molecule has 0 aliphatic heterocycles. The molecular formula is C15H16F6. The molecule has 0 saturated heterocycles. The zero-order valence-electron chi connectivity index (χ0n) is 11.9. The Morgan fingerprint density at radius 1 is 1.05 bits per heavy atom. The highest BCUT2D eigenvalue weighted by Gasteiger charge is 2.64. The average molecular weight is 310 g/mol. The smallest absolute Gasteiger partial charge is 0.171 e. The summed E-state index contributed by atoms with van der Waals surface area (Å²) in [5.74, 6) is -1.74. The van der Waals surface area contributed by atoms with Crippen LogP contribution in [0, 0.1) is 5.92 Å². The average Bonchev–Trinajstić information content (AvgIpc) is 3.01. The summed E-state index contributed by atoms with van der Waals surface area (Å²) in [4.78, 5) is 0. The summed E-state index contributed by atoms with van der Waals surface area (Å²) in [6, 6.07) is 3.35. The molecule has 1 aliphatic carbocycles. The second-order valence-corrected chi connectivity index (χ2v) is 6.21. The minimum absolute atomic E-state index is 0.128. The molecule has 1 aliphatic rings. The largest absolute Gasteiger partial charge is 0.416 e. The summed E-state index contributed by atoms with van der Waals surface area (Å²) in [6.45, 7) is 4.82. The SMILES string of the molecule is CC(C)c1cc(C(F)(F)F)cc(C2(C)CC2C(F)(F)F)c1. The first-order chi connectivity index (χ1) is 9.35. The fraction of sp³-hybridized carbons (Fsp3) is 0.600. The standard InChI is InChI=1S/C15H16F6/c1-8(2)9-4-10(6-11(5-9)14(16,17)18)13(3)7-12(13)15(19,20)21/h4-6,8,12H,7H2,1-3H3. The zero-order chi connectivity index (χ0) is 16.2. The van der Waals surface area contributed by atoms with Crippen molar-refractivity contribution in [2.24, 2.45) is 5.92 Å². The second-order valence-electron chi connectivity index (χ2n) is 6.21. The summed E-state index contributed by atoms with van der Waals surface area (Å²) in [7, 11) is 0. The molecule has 0 amide bonds. The van der Waals surface area contributed by atoms with Crippen molar-refractivity contribution in [3.63, 3.8) is 0 Å². The van der Waals surface area contributed by atoms with Gasteiger partial charge in [0.2, 0.25) is 0 Å². The molecule has 0 heterocycles. The highest BCUT2D eigenvalue weighted by molar-refractivity contribution is 5.41. The topological polar surface area (TPSA) is 0 Å². The van der Waals surface area contributed by atoms with E-state index in [0.29, 0.717) is 5.56 Å². The fourth-order valence-corrected chi connectivity index (χ4v) is 2.64. The molecule has 1 aromatic rings. The Bertz CT molecular complexity index is 540. The van der Waals surface area contributed by atoms with Gasteiger partial charge in [0.25, 0.3) is 0 Å². The maximum absolute atomic E-state index is 12.9. The van der Waals surface area contributed by atoms with Crippen molar-refractivity contribution < 1.29 is 26.3 Å². The lowest BCUT2D eigenvalue weighted by molar-refractivity contribution is -0.152. The van der Waals surface area contributed by atoms with Crippen LogP contribution in [0.3, 0.4) is 0 Å². The van der Waals surface area contributed by atoms with Gasteiger partial charge in [-0.1, -0.05) is 26.8 Å². The number of hydrogen-bond donors (Lipinski definition) is 0. The molecule has 2 rings (SSSR count). The Kier molecular flexibility index (Phi) is 3.58. The Balaban J connectivity index is 2.48. The molecule has 1 fully saturated rings. The number of halogens is 6. The third-order valence-electron chi connectivity index (χ3n) is 4.24. The predicted octanol–water partition coefficient (Wildman–Crippen LogP) is 5.67. The van der Waals surface area contributed by atoms with E-state index in [9.17, 15) is 26.3 Å². The van der Waals surface area contributed by atoms with Crippen LogP contribution in [0.5, 0.6) is 0 Å². The van der Waals surface area contributed by atoms with Gasteiger partial charge >= 0.3 is 12.4 Å². The highest BCUT2D eigenvalue weighted by Crippen LogP contribution is 2.61. The first kappa shape index (κ1) is 16.2. The van der Waals surface area contributed by atoms with Crippen LogP contribution >= 0.6 is 0 Å². The van der Waals surface area contributed by atoms with Gasteiger partial charge < -0.3 is 0 Å². The van der Waals surface area contributed by atoms with Crippen molar-refractivity contribution >= 4 is 0 Å². The van der Waals surface area contributed by atoms with Crippen molar-refractivity contribution in [2.45, 2.75) is 50.9 Å². The summed E-state index contributed by atoms with van der Waals surface area (Å²) < 4.78 is 77.2. The van der Waals surface area contributed by atoms with Gasteiger partial charge in [-0.15, -0.1) is 0 Å². The third kappa shape index (κ3) is 3.04. The molecule has 0 aromatic heterocycles.